The van der Waals surface area contributed by atoms with Crippen molar-refractivity contribution in [1.82, 2.24) is 0 Å². The zero-order valence-corrected chi connectivity index (χ0v) is 23.1. The van der Waals surface area contributed by atoms with Crippen LogP contribution in [-0.2, 0) is 16.5 Å². The van der Waals surface area contributed by atoms with E-state index >= 15 is 0 Å². The van der Waals surface area contributed by atoms with Gasteiger partial charge in [-0.25, -0.2) is 0 Å². The fourth-order valence-electron chi connectivity index (χ4n) is 3.95. The van der Waals surface area contributed by atoms with Gasteiger partial charge in [0.15, 0.2) is 5.75 Å². The Labute approximate surface area is 234 Å². The van der Waals surface area contributed by atoms with Gasteiger partial charge in [0.25, 0.3) is 16.0 Å². The maximum atomic E-state index is 13.3. The van der Waals surface area contributed by atoms with Gasteiger partial charge in [0.05, 0.1) is 28.4 Å². The number of rotatable bonds is 8. The van der Waals surface area contributed by atoms with E-state index in [0.29, 0.717) is 45.8 Å². The number of nitrogens with one attached hydrogen (secondary N) is 1. The second-order valence-electron chi connectivity index (χ2n) is 8.30. The normalized spacial score (nSPS) is 11.7. The Hall–Kier alpha value is -3.70. The lowest BCUT2D eigenvalue weighted by atomic mass is 10.0. The molecule has 0 atom stereocenters. The molecule has 0 unspecified atom stereocenters. The molecule has 4 rings (SSSR count). The fraction of sp³-hybridized carbons (Fsp3) is 0.148. The number of azo groups is 1. The highest BCUT2D eigenvalue weighted by molar-refractivity contribution is 7.85. The zero-order chi connectivity index (χ0) is 28.3. The van der Waals surface area contributed by atoms with Crippen LogP contribution < -0.4 is 10.1 Å². The van der Waals surface area contributed by atoms with Crippen LogP contribution in [0.25, 0.3) is 10.8 Å². The van der Waals surface area contributed by atoms with Crippen molar-refractivity contribution in [2.45, 2.75) is 25.2 Å². The van der Waals surface area contributed by atoms with E-state index in [1.165, 1.54) is 12.1 Å². The largest absolute Gasteiger partial charge is 0.505 e. The lowest BCUT2D eigenvalue weighted by molar-refractivity contribution is 0.102. The van der Waals surface area contributed by atoms with Gasteiger partial charge in [-0.3, -0.25) is 9.35 Å². The minimum Gasteiger partial charge on any atom is -0.505 e. The first-order valence-electron chi connectivity index (χ1n) is 11.7. The molecule has 0 radical (unpaired) electrons. The molecule has 0 saturated heterocycles. The third kappa shape index (κ3) is 6.15. The summed E-state index contributed by atoms with van der Waals surface area (Å²) in [5.74, 6) is -0.702. The molecule has 1 amide bonds. The molecule has 0 aliphatic rings. The van der Waals surface area contributed by atoms with E-state index in [2.05, 4.69) is 15.5 Å². The summed E-state index contributed by atoms with van der Waals surface area (Å²) < 4.78 is 38.5. The Balaban J connectivity index is 1.83. The van der Waals surface area contributed by atoms with Crippen molar-refractivity contribution < 1.29 is 27.6 Å². The van der Waals surface area contributed by atoms with Crippen molar-refractivity contribution in [3.05, 3.63) is 81.8 Å². The summed E-state index contributed by atoms with van der Waals surface area (Å²) in [5, 5.41) is 23.8. The van der Waals surface area contributed by atoms with E-state index in [-0.39, 0.29) is 22.0 Å². The molecule has 0 aromatic heterocycles. The molecule has 0 bridgehead atoms. The van der Waals surface area contributed by atoms with Crippen molar-refractivity contribution in [2.24, 2.45) is 10.2 Å². The molecule has 12 heteroatoms. The first-order chi connectivity index (χ1) is 18.5. The number of phenolic OH excluding ortho intramolecular Hbond substituents is 1. The molecule has 4 aromatic carbocycles. The zero-order valence-electron chi connectivity index (χ0n) is 20.8. The molecule has 4 aromatic rings. The number of amides is 1. The number of carbonyl (C=O) groups excluding carboxylic acids is 1. The van der Waals surface area contributed by atoms with E-state index in [1.807, 2.05) is 0 Å². The first kappa shape index (κ1) is 28.3. The molecular weight excluding hydrogens is 565 g/mol. The highest BCUT2D eigenvalue weighted by Crippen LogP contribution is 2.41. The van der Waals surface area contributed by atoms with Crippen molar-refractivity contribution in [3.8, 4) is 11.5 Å². The highest BCUT2D eigenvalue weighted by Gasteiger charge is 2.21. The van der Waals surface area contributed by atoms with Gasteiger partial charge in [-0.2, -0.15) is 13.5 Å². The third-order valence-electron chi connectivity index (χ3n) is 5.78. The molecular formula is C27H23Cl2N3O6S. The third-order valence-corrected chi connectivity index (χ3v) is 7.19. The maximum absolute atomic E-state index is 13.3. The SMILES string of the molecule is CCOc1ccc(Cl)cc1NC(=O)c1cc2ccccc2c(N=Nc2cc(S(=O)(=O)O)cc(Cl)c2CC)c1O. The van der Waals surface area contributed by atoms with Crippen molar-refractivity contribution in [2.75, 3.05) is 11.9 Å². The summed E-state index contributed by atoms with van der Waals surface area (Å²) in [6.45, 7) is 3.95. The summed E-state index contributed by atoms with van der Waals surface area (Å²) in [4.78, 5) is 12.9. The topological polar surface area (TPSA) is 138 Å². The van der Waals surface area contributed by atoms with Crippen LogP contribution >= 0.6 is 23.2 Å². The van der Waals surface area contributed by atoms with Gasteiger partial charge in [0.2, 0.25) is 0 Å². The highest BCUT2D eigenvalue weighted by atomic mass is 35.5. The van der Waals surface area contributed by atoms with Gasteiger partial charge >= 0.3 is 0 Å². The molecule has 0 heterocycles. The average Bonchev–Trinajstić information content (AvgIpc) is 2.88. The fourth-order valence-corrected chi connectivity index (χ4v) is 5.06. The number of carbonyl (C=O) groups is 1. The molecule has 202 valence electrons. The summed E-state index contributed by atoms with van der Waals surface area (Å²) in [5.41, 5.74) is 0.760. The summed E-state index contributed by atoms with van der Waals surface area (Å²) in [6, 6.07) is 15.5. The Kier molecular flexibility index (Phi) is 8.41. The minimum absolute atomic E-state index is 0.0233. The summed E-state index contributed by atoms with van der Waals surface area (Å²) in [6.07, 6.45) is 0.385. The first-order valence-corrected chi connectivity index (χ1v) is 13.9. The number of nitrogens with zero attached hydrogens (tertiary/aromatic N) is 2. The molecule has 0 spiro atoms. The quantitative estimate of drug-likeness (QED) is 0.142. The Morgan fingerprint density at radius 3 is 2.46 bits per heavy atom. The number of aromatic hydroxyl groups is 1. The second kappa shape index (κ2) is 11.6. The standard InChI is InChI=1S/C27H23Cl2N3O6S/c1-3-18-21(29)13-17(39(35,36)37)14-22(18)31-32-25-19-8-6-5-7-15(19)11-20(26(25)33)27(34)30-23-12-16(28)9-10-24(23)38-4-2/h5-14,33H,3-4H2,1-2H3,(H,30,34)(H,35,36,37). The van der Waals surface area contributed by atoms with Crippen LogP contribution in [0.3, 0.4) is 0 Å². The molecule has 9 nitrogen and oxygen atoms in total. The number of hydrogen-bond acceptors (Lipinski definition) is 7. The van der Waals surface area contributed by atoms with Crippen LogP contribution in [0.2, 0.25) is 10.0 Å². The van der Waals surface area contributed by atoms with Gasteiger partial charge in [0, 0.05) is 15.4 Å². The smallest absolute Gasteiger partial charge is 0.294 e. The number of benzene rings is 4. The van der Waals surface area contributed by atoms with Gasteiger partial charge in [-0.05, 0) is 60.7 Å². The van der Waals surface area contributed by atoms with Crippen LogP contribution in [0.4, 0.5) is 17.1 Å². The predicted molar refractivity (Wildman–Crippen MR) is 151 cm³/mol. The lowest BCUT2D eigenvalue weighted by Crippen LogP contribution is -2.13. The van der Waals surface area contributed by atoms with Crippen LogP contribution in [0.5, 0.6) is 11.5 Å². The number of hydrogen-bond donors (Lipinski definition) is 3. The maximum Gasteiger partial charge on any atom is 0.294 e. The van der Waals surface area contributed by atoms with Gasteiger partial charge < -0.3 is 15.2 Å². The van der Waals surface area contributed by atoms with E-state index < -0.39 is 26.7 Å². The van der Waals surface area contributed by atoms with Crippen molar-refractivity contribution in [1.29, 1.82) is 0 Å². The Morgan fingerprint density at radius 1 is 1.03 bits per heavy atom. The Morgan fingerprint density at radius 2 is 1.77 bits per heavy atom. The van der Waals surface area contributed by atoms with Crippen LogP contribution in [0.15, 0.2) is 75.8 Å². The van der Waals surface area contributed by atoms with Crippen LogP contribution in [-0.4, -0.2) is 30.6 Å². The number of ether oxygens (including phenoxy) is 1. The average molecular weight is 588 g/mol. The Bertz CT molecular complexity index is 1720. The second-order valence-corrected chi connectivity index (χ2v) is 10.6. The van der Waals surface area contributed by atoms with Crippen LogP contribution in [0, 0.1) is 0 Å². The summed E-state index contributed by atoms with van der Waals surface area (Å²) >= 11 is 12.3. The molecule has 0 aliphatic carbocycles. The van der Waals surface area contributed by atoms with Crippen molar-refractivity contribution in [3.63, 3.8) is 0 Å². The van der Waals surface area contributed by atoms with Gasteiger partial charge in [-0.1, -0.05) is 54.4 Å². The minimum atomic E-state index is -4.57. The van der Waals surface area contributed by atoms with E-state index in [0.717, 1.165) is 12.1 Å². The number of anilines is 1. The number of fused-ring (bicyclic) bond motifs is 1. The van der Waals surface area contributed by atoms with E-state index in [9.17, 15) is 22.9 Å². The van der Waals surface area contributed by atoms with E-state index in [4.69, 9.17) is 27.9 Å². The predicted octanol–water partition coefficient (Wildman–Crippen LogP) is 7.73. The molecule has 39 heavy (non-hydrogen) atoms. The van der Waals surface area contributed by atoms with Crippen LogP contribution in [0.1, 0.15) is 29.8 Å². The van der Waals surface area contributed by atoms with Gasteiger partial charge in [0.1, 0.15) is 11.4 Å². The number of phenols is 1. The number of halogens is 2. The molecule has 0 saturated carbocycles. The van der Waals surface area contributed by atoms with Gasteiger partial charge in [-0.15, -0.1) is 5.11 Å². The summed E-state index contributed by atoms with van der Waals surface area (Å²) in [7, 11) is -4.57. The molecule has 0 aliphatic heterocycles. The molecule has 3 N–H and O–H groups in total. The lowest BCUT2D eigenvalue weighted by Gasteiger charge is -2.14. The monoisotopic (exact) mass is 587 g/mol. The van der Waals surface area contributed by atoms with Crippen molar-refractivity contribution >= 4 is 67.1 Å². The van der Waals surface area contributed by atoms with E-state index in [1.54, 1.807) is 50.2 Å². The molecule has 0 fully saturated rings.